The molecule has 2 atom stereocenters. The number of halogens is 1. The standard InChI is InChI=1S/C22H37N5O.HI/c1-3-24-22(26-18(2)12-13-19-9-5-4-6-10-19)25-14-8-16-27-15-7-11-20(17-27)21(23)28;/h4-6,9-10,18,20H,3,7-8,11-17H2,1-2H3,(H2,23,28)(H2,24,25,26);1H. The third-order valence-electron chi connectivity index (χ3n) is 5.25. The summed E-state index contributed by atoms with van der Waals surface area (Å²) in [4.78, 5) is 18.5. The maximum Gasteiger partial charge on any atom is 0.221 e. The van der Waals surface area contributed by atoms with E-state index in [-0.39, 0.29) is 35.8 Å². The van der Waals surface area contributed by atoms with Gasteiger partial charge >= 0.3 is 0 Å². The number of aryl methyl sites for hydroxylation is 1. The smallest absolute Gasteiger partial charge is 0.221 e. The van der Waals surface area contributed by atoms with Crippen molar-refractivity contribution in [2.45, 2.75) is 52.0 Å². The molecule has 1 heterocycles. The van der Waals surface area contributed by atoms with E-state index < -0.39 is 0 Å². The first-order valence-electron chi connectivity index (χ1n) is 10.7. The van der Waals surface area contributed by atoms with Gasteiger partial charge < -0.3 is 21.3 Å². The lowest BCUT2D eigenvalue weighted by Crippen LogP contribution is -2.43. The van der Waals surface area contributed by atoms with Gasteiger partial charge in [-0.1, -0.05) is 30.3 Å². The van der Waals surface area contributed by atoms with Crippen molar-refractivity contribution in [3.63, 3.8) is 0 Å². The van der Waals surface area contributed by atoms with Crippen molar-refractivity contribution >= 4 is 35.8 Å². The Morgan fingerprint density at radius 3 is 2.79 bits per heavy atom. The predicted molar refractivity (Wildman–Crippen MR) is 132 cm³/mol. The fourth-order valence-corrected chi connectivity index (χ4v) is 3.63. The van der Waals surface area contributed by atoms with Gasteiger partial charge in [0.15, 0.2) is 5.96 Å². The average molecular weight is 515 g/mol. The van der Waals surface area contributed by atoms with Gasteiger partial charge in [0, 0.05) is 25.7 Å². The van der Waals surface area contributed by atoms with Crippen molar-refractivity contribution in [2.24, 2.45) is 16.6 Å². The molecule has 2 rings (SSSR count). The molecule has 0 radical (unpaired) electrons. The largest absolute Gasteiger partial charge is 0.369 e. The van der Waals surface area contributed by atoms with Crippen LogP contribution in [0.1, 0.15) is 45.1 Å². The number of carbonyl (C=O) groups is 1. The topological polar surface area (TPSA) is 82.8 Å². The first kappa shape index (κ1) is 25.7. The van der Waals surface area contributed by atoms with Crippen LogP contribution < -0.4 is 16.4 Å². The van der Waals surface area contributed by atoms with Gasteiger partial charge in [-0.25, -0.2) is 0 Å². The number of piperidine rings is 1. The number of nitrogens with zero attached hydrogens (tertiary/aromatic N) is 2. The lowest BCUT2D eigenvalue weighted by molar-refractivity contribution is -0.123. The van der Waals surface area contributed by atoms with Crippen molar-refractivity contribution in [1.82, 2.24) is 15.5 Å². The van der Waals surface area contributed by atoms with Crippen molar-refractivity contribution in [2.75, 3.05) is 32.7 Å². The van der Waals surface area contributed by atoms with Gasteiger partial charge in [0.25, 0.3) is 0 Å². The lowest BCUT2D eigenvalue weighted by Gasteiger charge is -2.30. The number of hydrogen-bond acceptors (Lipinski definition) is 3. The number of rotatable bonds is 10. The van der Waals surface area contributed by atoms with Gasteiger partial charge in [0.2, 0.25) is 5.91 Å². The number of primary amides is 1. The van der Waals surface area contributed by atoms with E-state index in [1.165, 1.54) is 5.56 Å². The van der Waals surface area contributed by atoms with Gasteiger partial charge in [-0.05, 0) is 64.6 Å². The van der Waals surface area contributed by atoms with E-state index in [1.54, 1.807) is 0 Å². The van der Waals surface area contributed by atoms with E-state index in [0.29, 0.717) is 6.04 Å². The third kappa shape index (κ3) is 10.3. The van der Waals surface area contributed by atoms with Gasteiger partial charge in [-0.2, -0.15) is 0 Å². The van der Waals surface area contributed by atoms with Crippen molar-refractivity contribution in [3.8, 4) is 0 Å². The van der Waals surface area contributed by atoms with E-state index in [9.17, 15) is 4.79 Å². The molecular weight excluding hydrogens is 477 g/mol. The number of carbonyl (C=O) groups excluding carboxylic acids is 1. The van der Waals surface area contributed by atoms with E-state index >= 15 is 0 Å². The Kier molecular flexibility index (Phi) is 12.9. The molecule has 1 amide bonds. The Morgan fingerprint density at radius 2 is 2.10 bits per heavy atom. The Labute approximate surface area is 193 Å². The van der Waals surface area contributed by atoms with Crippen LogP contribution in [0.15, 0.2) is 35.3 Å². The number of aliphatic imine (C=N–C) groups is 1. The lowest BCUT2D eigenvalue weighted by atomic mass is 9.97. The average Bonchev–Trinajstić information content (AvgIpc) is 2.71. The SMILES string of the molecule is CCNC(=NCCCN1CCCC(C(N)=O)C1)NC(C)CCc1ccccc1.I. The molecule has 1 aliphatic rings. The molecule has 6 nitrogen and oxygen atoms in total. The number of benzene rings is 1. The molecule has 0 aliphatic carbocycles. The Bertz CT molecular complexity index is 610. The number of amides is 1. The zero-order valence-electron chi connectivity index (χ0n) is 17.9. The van der Waals surface area contributed by atoms with Crippen LogP contribution in [0.3, 0.4) is 0 Å². The van der Waals surface area contributed by atoms with Gasteiger partial charge in [0.05, 0.1) is 5.92 Å². The second kappa shape index (κ2) is 14.6. The van der Waals surface area contributed by atoms with Gasteiger partial charge in [-0.3, -0.25) is 9.79 Å². The fraction of sp³-hybridized carbons (Fsp3) is 0.636. The van der Waals surface area contributed by atoms with Crippen LogP contribution in [0.2, 0.25) is 0 Å². The first-order chi connectivity index (χ1) is 13.6. The van der Waals surface area contributed by atoms with Crippen LogP contribution in [-0.2, 0) is 11.2 Å². The zero-order chi connectivity index (χ0) is 20.2. The van der Waals surface area contributed by atoms with Crippen LogP contribution in [-0.4, -0.2) is 55.5 Å². The summed E-state index contributed by atoms with van der Waals surface area (Å²) in [6.07, 6.45) is 5.10. The van der Waals surface area contributed by atoms with Crippen LogP contribution in [0, 0.1) is 5.92 Å². The molecule has 0 bridgehead atoms. The highest BCUT2D eigenvalue weighted by atomic mass is 127. The fourth-order valence-electron chi connectivity index (χ4n) is 3.63. The Morgan fingerprint density at radius 1 is 1.34 bits per heavy atom. The van der Waals surface area contributed by atoms with E-state index in [2.05, 4.69) is 59.7 Å². The zero-order valence-corrected chi connectivity index (χ0v) is 20.2. The number of nitrogens with one attached hydrogen (secondary N) is 2. The van der Waals surface area contributed by atoms with E-state index in [4.69, 9.17) is 10.7 Å². The van der Waals surface area contributed by atoms with Crippen LogP contribution in [0.25, 0.3) is 0 Å². The normalized spacial score (nSPS) is 18.6. The maximum absolute atomic E-state index is 11.4. The van der Waals surface area contributed by atoms with Gasteiger partial charge in [0.1, 0.15) is 0 Å². The third-order valence-corrected chi connectivity index (χ3v) is 5.25. The highest BCUT2D eigenvalue weighted by Crippen LogP contribution is 2.16. The Hall–Kier alpha value is -1.35. The molecule has 0 spiro atoms. The molecule has 7 heteroatoms. The summed E-state index contributed by atoms with van der Waals surface area (Å²) >= 11 is 0. The highest BCUT2D eigenvalue weighted by Gasteiger charge is 2.23. The van der Waals surface area contributed by atoms with Gasteiger partial charge in [-0.15, -0.1) is 24.0 Å². The molecule has 4 N–H and O–H groups in total. The number of nitrogens with two attached hydrogens (primary N) is 1. The van der Waals surface area contributed by atoms with Crippen LogP contribution in [0.5, 0.6) is 0 Å². The van der Waals surface area contributed by atoms with Crippen molar-refractivity contribution in [1.29, 1.82) is 0 Å². The molecular formula is C22H38IN5O. The molecule has 1 aromatic carbocycles. The summed E-state index contributed by atoms with van der Waals surface area (Å²) in [5.41, 5.74) is 6.83. The molecule has 0 saturated carbocycles. The minimum atomic E-state index is -0.161. The quantitative estimate of drug-likeness (QED) is 0.194. The summed E-state index contributed by atoms with van der Waals surface area (Å²) in [6.45, 7) is 8.74. The number of guanidine groups is 1. The second-order valence-electron chi connectivity index (χ2n) is 7.73. The number of likely N-dealkylation sites (tertiary alicyclic amines) is 1. The summed E-state index contributed by atoms with van der Waals surface area (Å²) in [7, 11) is 0. The number of hydrogen-bond donors (Lipinski definition) is 3. The summed E-state index contributed by atoms with van der Waals surface area (Å²) in [5, 5.41) is 6.85. The molecule has 2 unspecified atom stereocenters. The molecule has 1 saturated heterocycles. The minimum absolute atomic E-state index is 0. The summed E-state index contributed by atoms with van der Waals surface area (Å²) in [6, 6.07) is 10.9. The summed E-state index contributed by atoms with van der Waals surface area (Å²) < 4.78 is 0. The van der Waals surface area contributed by atoms with E-state index in [1.807, 2.05) is 0 Å². The minimum Gasteiger partial charge on any atom is -0.369 e. The predicted octanol–water partition coefficient (Wildman–Crippen LogP) is 2.77. The highest BCUT2D eigenvalue weighted by molar-refractivity contribution is 14.0. The molecule has 0 aromatic heterocycles. The molecule has 1 aromatic rings. The molecule has 29 heavy (non-hydrogen) atoms. The summed E-state index contributed by atoms with van der Waals surface area (Å²) in [5.74, 6) is 0.740. The first-order valence-corrected chi connectivity index (χ1v) is 10.7. The second-order valence-corrected chi connectivity index (χ2v) is 7.73. The molecule has 1 fully saturated rings. The van der Waals surface area contributed by atoms with Crippen molar-refractivity contribution in [3.05, 3.63) is 35.9 Å². The monoisotopic (exact) mass is 515 g/mol. The van der Waals surface area contributed by atoms with Crippen molar-refractivity contribution < 1.29 is 4.79 Å². The molecule has 1 aliphatic heterocycles. The Balaban J connectivity index is 0.00000420. The van der Waals surface area contributed by atoms with Crippen LogP contribution in [0.4, 0.5) is 0 Å². The maximum atomic E-state index is 11.4. The van der Waals surface area contributed by atoms with Crippen LogP contribution >= 0.6 is 24.0 Å². The molecule has 164 valence electrons. The van der Waals surface area contributed by atoms with E-state index in [0.717, 1.165) is 70.8 Å².